The van der Waals surface area contributed by atoms with Gasteiger partial charge in [0, 0.05) is 0 Å². The Morgan fingerprint density at radius 3 is 2.75 bits per heavy atom. The molecule has 2 nitrogen and oxygen atoms in total. The smallest absolute Gasteiger partial charge is 0.275 e. The monoisotopic (exact) mass is 232 g/mol. The molecule has 0 bridgehead atoms. The van der Waals surface area contributed by atoms with Crippen LogP contribution in [0.3, 0.4) is 0 Å². The van der Waals surface area contributed by atoms with Gasteiger partial charge in [0.2, 0.25) is 0 Å². The van der Waals surface area contributed by atoms with Gasteiger partial charge in [-0.3, -0.25) is 5.10 Å². The summed E-state index contributed by atoms with van der Waals surface area (Å²) in [6, 6.07) is 0.623. The Morgan fingerprint density at radius 1 is 1.67 bits per heavy atom. The number of alkyl halides is 4. The van der Waals surface area contributed by atoms with Crippen molar-refractivity contribution in [3.05, 3.63) is 11.8 Å². The van der Waals surface area contributed by atoms with Crippen LogP contribution in [-0.4, -0.2) is 16.2 Å². The van der Waals surface area contributed by atoms with Gasteiger partial charge in [0.25, 0.3) is 4.59 Å². The molecule has 0 fully saturated rings. The Morgan fingerprint density at radius 2 is 2.33 bits per heavy atom. The molecule has 0 aliphatic carbocycles. The molecule has 0 amide bonds. The summed E-state index contributed by atoms with van der Waals surface area (Å²) >= 11 is 11.0. The van der Waals surface area contributed by atoms with Crippen LogP contribution in [0.1, 0.15) is 5.69 Å². The summed E-state index contributed by atoms with van der Waals surface area (Å²) in [7, 11) is 0. The third-order valence-electron chi connectivity index (χ3n) is 1.06. The van der Waals surface area contributed by atoms with E-state index >= 15 is 0 Å². The maximum absolute atomic E-state index is 12.7. The fraction of sp³-hybridized carbons (Fsp3) is 0.400. The Balaban J connectivity index is 2.77. The lowest BCUT2D eigenvalue weighted by atomic mass is 10.5. The molecule has 0 spiro atoms. The van der Waals surface area contributed by atoms with Gasteiger partial charge in [-0.25, -0.2) is 8.78 Å². The molecule has 0 aromatic carbocycles. The summed E-state index contributed by atoms with van der Waals surface area (Å²) in [5.41, 5.74) is -0.0956. The van der Waals surface area contributed by atoms with Gasteiger partial charge in [0.05, 0.1) is 0 Å². The molecule has 0 saturated carbocycles. The van der Waals surface area contributed by atoms with E-state index in [1.807, 2.05) is 0 Å². The van der Waals surface area contributed by atoms with E-state index in [4.69, 9.17) is 23.2 Å². The summed E-state index contributed by atoms with van der Waals surface area (Å²) in [6.45, 7) is 0. The van der Waals surface area contributed by atoms with Gasteiger partial charge in [-0.05, 0) is 6.07 Å². The standard InChI is InChI=1S/C5H4Cl2F2N2S/c6-5(7,9)3-1-4(11-10-3)12-2-8/h1H,2H2,(H,10,11). The van der Waals surface area contributed by atoms with Crippen LogP contribution in [0, 0.1) is 0 Å². The number of halogens is 4. The SMILES string of the molecule is FCSc1cc(C(F)(Cl)Cl)[nH]n1. The molecular weight excluding hydrogens is 229 g/mol. The number of rotatable bonds is 3. The minimum Gasteiger partial charge on any atom is -0.275 e. The van der Waals surface area contributed by atoms with Crippen LogP contribution in [0.25, 0.3) is 0 Å². The van der Waals surface area contributed by atoms with E-state index in [2.05, 4.69) is 10.2 Å². The molecule has 0 atom stereocenters. The molecule has 1 aromatic heterocycles. The molecule has 0 radical (unpaired) electrons. The Kier molecular flexibility index (Phi) is 3.20. The van der Waals surface area contributed by atoms with Crippen LogP contribution < -0.4 is 0 Å². The van der Waals surface area contributed by atoms with Crippen molar-refractivity contribution in [3.8, 4) is 0 Å². The third kappa shape index (κ3) is 2.50. The van der Waals surface area contributed by atoms with E-state index in [0.717, 1.165) is 11.8 Å². The first-order valence-corrected chi connectivity index (χ1v) is 4.59. The Labute approximate surface area is 81.6 Å². The summed E-state index contributed by atoms with van der Waals surface area (Å²) < 4.78 is 22.0. The first-order chi connectivity index (χ1) is 5.54. The van der Waals surface area contributed by atoms with Crippen LogP contribution in [0.2, 0.25) is 0 Å². The zero-order valence-corrected chi connectivity index (χ0v) is 7.98. The van der Waals surface area contributed by atoms with Gasteiger partial charge in [-0.2, -0.15) is 5.10 Å². The van der Waals surface area contributed by atoms with Crippen molar-refractivity contribution in [1.29, 1.82) is 0 Å². The number of hydrogen-bond donors (Lipinski definition) is 1. The van der Waals surface area contributed by atoms with E-state index in [9.17, 15) is 8.78 Å². The van der Waals surface area contributed by atoms with E-state index in [0.29, 0.717) is 5.03 Å². The van der Waals surface area contributed by atoms with Crippen LogP contribution >= 0.6 is 35.0 Å². The summed E-state index contributed by atoms with van der Waals surface area (Å²) in [5.74, 6) is 0. The molecular formula is C5H4Cl2F2N2S. The highest BCUT2D eigenvalue weighted by molar-refractivity contribution is 7.99. The van der Waals surface area contributed by atoms with Gasteiger partial charge in [-0.15, -0.1) is 0 Å². The van der Waals surface area contributed by atoms with Crippen LogP contribution in [0.15, 0.2) is 11.1 Å². The molecule has 1 aromatic rings. The third-order valence-corrected chi connectivity index (χ3v) is 2.08. The van der Waals surface area contributed by atoms with Crippen molar-refractivity contribution in [2.45, 2.75) is 9.61 Å². The van der Waals surface area contributed by atoms with Crippen LogP contribution in [0.5, 0.6) is 0 Å². The molecule has 68 valence electrons. The zero-order valence-electron chi connectivity index (χ0n) is 5.65. The second-order valence-electron chi connectivity index (χ2n) is 1.87. The van der Waals surface area contributed by atoms with Gasteiger partial charge in [0.1, 0.15) is 16.7 Å². The van der Waals surface area contributed by atoms with Crippen LogP contribution in [-0.2, 0) is 4.59 Å². The number of H-pyrrole nitrogens is 1. The second kappa shape index (κ2) is 3.81. The van der Waals surface area contributed by atoms with Crippen molar-refractivity contribution < 1.29 is 8.78 Å². The number of nitrogens with zero attached hydrogens (tertiary/aromatic N) is 1. The average molecular weight is 233 g/mol. The van der Waals surface area contributed by atoms with Crippen molar-refractivity contribution in [3.63, 3.8) is 0 Å². The number of aromatic amines is 1. The number of nitrogens with one attached hydrogen (secondary N) is 1. The predicted octanol–water partition coefficient (Wildman–Crippen LogP) is 2.99. The fourth-order valence-corrected chi connectivity index (χ4v) is 1.20. The minimum atomic E-state index is -2.50. The molecule has 12 heavy (non-hydrogen) atoms. The first-order valence-electron chi connectivity index (χ1n) is 2.85. The van der Waals surface area contributed by atoms with E-state index < -0.39 is 10.6 Å². The number of aromatic nitrogens is 2. The van der Waals surface area contributed by atoms with E-state index in [1.54, 1.807) is 0 Å². The van der Waals surface area contributed by atoms with E-state index in [-0.39, 0.29) is 5.69 Å². The molecule has 1 rings (SSSR count). The molecule has 0 saturated heterocycles. The molecule has 0 aliphatic heterocycles. The van der Waals surface area contributed by atoms with Gasteiger partial charge < -0.3 is 0 Å². The second-order valence-corrected chi connectivity index (χ2v) is 4.03. The van der Waals surface area contributed by atoms with E-state index in [1.165, 1.54) is 6.07 Å². The first kappa shape index (κ1) is 10.1. The lowest BCUT2D eigenvalue weighted by molar-refractivity contribution is 0.396. The topological polar surface area (TPSA) is 28.7 Å². The molecule has 1 N–H and O–H groups in total. The maximum Gasteiger partial charge on any atom is 0.299 e. The van der Waals surface area contributed by atoms with Crippen molar-refractivity contribution in [1.82, 2.24) is 10.2 Å². The molecule has 1 heterocycles. The highest BCUT2D eigenvalue weighted by atomic mass is 35.5. The largest absolute Gasteiger partial charge is 0.299 e. The summed E-state index contributed by atoms with van der Waals surface area (Å²) in [6.07, 6.45) is 0. The predicted molar refractivity (Wildman–Crippen MR) is 44.9 cm³/mol. The van der Waals surface area contributed by atoms with Crippen molar-refractivity contribution in [2.75, 3.05) is 6.01 Å². The highest BCUT2D eigenvalue weighted by Gasteiger charge is 2.27. The minimum absolute atomic E-state index is 0.0956. The lowest BCUT2D eigenvalue weighted by Gasteiger charge is -2.03. The quantitative estimate of drug-likeness (QED) is 0.642. The van der Waals surface area contributed by atoms with Crippen LogP contribution in [0.4, 0.5) is 8.78 Å². The zero-order chi connectivity index (χ0) is 9.19. The molecule has 7 heteroatoms. The fourth-order valence-electron chi connectivity index (χ4n) is 0.578. The molecule has 0 aliphatic rings. The highest BCUT2D eigenvalue weighted by Crippen LogP contribution is 2.35. The number of thioether (sulfide) groups is 1. The van der Waals surface area contributed by atoms with Gasteiger partial charge in [-0.1, -0.05) is 35.0 Å². The Hall–Kier alpha value is -0.000000000000000111. The maximum atomic E-state index is 12.7. The Bertz CT molecular complexity index is 260. The van der Waals surface area contributed by atoms with Gasteiger partial charge >= 0.3 is 0 Å². The normalized spacial score (nSPS) is 12.0. The molecule has 0 unspecified atom stereocenters. The summed E-state index contributed by atoms with van der Waals surface area (Å²) in [4.78, 5) is 0. The lowest BCUT2D eigenvalue weighted by Crippen LogP contribution is -2.01. The van der Waals surface area contributed by atoms with Crippen molar-refractivity contribution in [2.24, 2.45) is 0 Å². The number of hydrogen-bond acceptors (Lipinski definition) is 2. The van der Waals surface area contributed by atoms with Gasteiger partial charge in [0.15, 0.2) is 0 Å². The average Bonchev–Trinajstić information content (AvgIpc) is 2.35. The summed E-state index contributed by atoms with van der Waals surface area (Å²) in [5, 5.41) is 6.13. The van der Waals surface area contributed by atoms with Crippen molar-refractivity contribution >= 4 is 35.0 Å².